The minimum absolute atomic E-state index is 0.123. The summed E-state index contributed by atoms with van der Waals surface area (Å²) in [4.78, 5) is 12.3. The van der Waals surface area contributed by atoms with Crippen LogP contribution >= 0.6 is 39.3 Å². The molecule has 0 aliphatic rings. The number of rotatable bonds is 6. The van der Waals surface area contributed by atoms with Crippen LogP contribution in [0.2, 0.25) is 5.02 Å². The fourth-order valence-corrected chi connectivity index (χ4v) is 3.90. The Hall–Kier alpha value is -2.03. The highest BCUT2D eigenvalue weighted by Crippen LogP contribution is 2.32. The number of phenols is 1. The van der Waals surface area contributed by atoms with Crippen LogP contribution in [0, 0.1) is 6.92 Å². The second-order valence-corrected chi connectivity index (χ2v) is 8.28. The fraction of sp³-hybridized carbons (Fsp3) is 0.211. The molecule has 3 aromatic rings. The number of carbonyl (C=O) groups excluding carboxylic acids is 1. The first-order valence-electron chi connectivity index (χ1n) is 8.50. The average Bonchev–Trinajstić information content (AvgIpc) is 3.07. The van der Waals surface area contributed by atoms with Gasteiger partial charge in [0.1, 0.15) is 5.75 Å². The molecule has 0 aliphatic carbocycles. The smallest absolute Gasteiger partial charge is 0.234 e. The van der Waals surface area contributed by atoms with Gasteiger partial charge < -0.3 is 15.0 Å². The Balaban J connectivity index is 1.72. The molecule has 9 heteroatoms. The lowest BCUT2D eigenvalue weighted by Gasteiger charge is -2.09. The summed E-state index contributed by atoms with van der Waals surface area (Å²) in [5.74, 6) is 0.712. The normalized spacial score (nSPS) is 10.9. The molecule has 0 spiro atoms. The number of benzene rings is 2. The molecule has 2 N–H and O–H groups in total. The molecular weight excluding hydrogens is 464 g/mol. The van der Waals surface area contributed by atoms with Crippen molar-refractivity contribution in [2.45, 2.75) is 25.5 Å². The number of phenolic OH excluding ortho intramolecular Hbond substituents is 1. The number of aryl methyl sites for hydroxylation is 1. The number of anilines is 1. The van der Waals surface area contributed by atoms with Gasteiger partial charge in [0.2, 0.25) is 5.91 Å². The van der Waals surface area contributed by atoms with Gasteiger partial charge in [-0.25, -0.2) is 0 Å². The molecule has 1 heterocycles. The maximum Gasteiger partial charge on any atom is 0.234 e. The zero-order chi connectivity index (χ0) is 20.3. The monoisotopic (exact) mass is 480 g/mol. The molecule has 0 saturated carbocycles. The summed E-state index contributed by atoms with van der Waals surface area (Å²) >= 11 is 10.7. The van der Waals surface area contributed by atoms with Crippen molar-refractivity contribution >= 4 is 50.9 Å². The number of thioether (sulfide) groups is 1. The summed E-state index contributed by atoms with van der Waals surface area (Å²) in [6, 6.07) is 10.5. The molecule has 146 valence electrons. The molecule has 0 atom stereocenters. The lowest BCUT2D eigenvalue weighted by Crippen LogP contribution is -2.14. The predicted molar refractivity (Wildman–Crippen MR) is 116 cm³/mol. The first-order valence-corrected chi connectivity index (χ1v) is 10.7. The first-order chi connectivity index (χ1) is 13.4. The Kier molecular flexibility index (Phi) is 6.64. The second kappa shape index (κ2) is 8.98. The number of amides is 1. The minimum Gasteiger partial charge on any atom is -0.507 e. The van der Waals surface area contributed by atoms with E-state index in [9.17, 15) is 9.90 Å². The van der Waals surface area contributed by atoms with Crippen molar-refractivity contribution in [3.05, 3.63) is 51.5 Å². The average molecular weight is 482 g/mol. The van der Waals surface area contributed by atoms with Gasteiger partial charge in [0.15, 0.2) is 11.0 Å². The summed E-state index contributed by atoms with van der Waals surface area (Å²) in [6.07, 6.45) is 0. The van der Waals surface area contributed by atoms with Crippen molar-refractivity contribution in [3.8, 4) is 17.1 Å². The third kappa shape index (κ3) is 4.68. The summed E-state index contributed by atoms with van der Waals surface area (Å²) in [5, 5.41) is 22.7. The Labute approximate surface area is 180 Å². The van der Waals surface area contributed by atoms with Gasteiger partial charge in [-0.05, 0) is 55.8 Å². The van der Waals surface area contributed by atoms with E-state index in [0.29, 0.717) is 33.8 Å². The quantitative estimate of drug-likeness (QED) is 0.477. The lowest BCUT2D eigenvalue weighted by atomic mass is 10.2. The summed E-state index contributed by atoms with van der Waals surface area (Å²) in [5.41, 5.74) is 2.18. The number of hydrogen-bond donors (Lipinski definition) is 2. The highest BCUT2D eigenvalue weighted by atomic mass is 79.9. The number of halogens is 2. The molecule has 1 aromatic heterocycles. The van der Waals surface area contributed by atoms with Gasteiger partial charge >= 0.3 is 0 Å². The van der Waals surface area contributed by atoms with Gasteiger partial charge in [-0.2, -0.15) is 0 Å². The van der Waals surface area contributed by atoms with Crippen molar-refractivity contribution in [3.63, 3.8) is 0 Å². The summed E-state index contributed by atoms with van der Waals surface area (Å²) in [6.45, 7) is 4.45. The van der Waals surface area contributed by atoms with Gasteiger partial charge in [0.05, 0.1) is 11.3 Å². The van der Waals surface area contributed by atoms with E-state index in [1.54, 1.807) is 30.3 Å². The van der Waals surface area contributed by atoms with Gasteiger partial charge in [0, 0.05) is 21.7 Å². The Morgan fingerprint density at radius 2 is 2.07 bits per heavy atom. The third-order valence-corrected chi connectivity index (χ3v) is 5.89. The molecule has 0 saturated heterocycles. The van der Waals surface area contributed by atoms with Gasteiger partial charge in [-0.1, -0.05) is 39.3 Å². The van der Waals surface area contributed by atoms with Gasteiger partial charge in [0.25, 0.3) is 0 Å². The molecule has 0 fully saturated rings. The molecule has 1 amide bonds. The van der Waals surface area contributed by atoms with Crippen LogP contribution in [0.25, 0.3) is 11.4 Å². The van der Waals surface area contributed by atoms with Crippen LogP contribution in [0.4, 0.5) is 5.69 Å². The van der Waals surface area contributed by atoms with E-state index < -0.39 is 0 Å². The molecule has 6 nitrogen and oxygen atoms in total. The Morgan fingerprint density at radius 3 is 2.79 bits per heavy atom. The highest BCUT2D eigenvalue weighted by Gasteiger charge is 2.17. The lowest BCUT2D eigenvalue weighted by molar-refractivity contribution is -0.113. The largest absolute Gasteiger partial charge is 0.507 e. The Bertz CT molecular complexity index is 1030. The van der Waals surface area contributed by atoms with E-state index in [0.717, 1.165) is 10.0 Å². The molecule has 3 rings (SSSR count). The highest BCUT2D eigenvalue weighted by molar-refractivity contribution is 9.10. The standard InChI is InChI=1S/C19H18BrClN4O2S/c1-3-25-18(14-9-12(20)4-7-16(14)26)23-24-19(25)28-10-17(27)22-13-5-6-15(21)11(2)8-13/h4-9,26H,3,10H2,1-2H3,(H,22,27). The van der Waals surface area contributed by atoms with Crippen molar-refractivity contribution < 1.29 is 9.90 Å². The maximum atomic E-state index is 12.3. The van der Waals surface area contributed by atoms with Crippen molar-refractivity contribution in [1.29, 1.82) is 0 Å². The van der Waals surface area contributed by atoms with E-state index in [1.807, 2.05) is 24.5 Å². The van der Waals surface area contributed by atoms with Crippen molar-refractivity contribution in [2.24, 2.45) is 0 Å². The van der Waals surface area contributed by atoms with Crippen LogP contribution in [-0.4, -0.2) is 31.5 Å². The third-order valence-electron chi connectivity index (χ3n) is 4.01. The number of hydrogen-bond acceptors (Lipinski definition) is 5. The molecule has 28 heavy (non-hydrogen) atoms. The molecule has 2 aromatic carbocycles. The molecule has 0 radical (unpaired) electrons. The maximum absolute atomic E-state index is 12.3. The van der Waals surface area contributed by atoms with E-state index in [4.69, 9.17) is 11.6 Å². The first kappa shape index (κ1) is 20.7. The zero-order valence-electron chi connectivity index (χ0n) is 15.2. The number of carbonyl (C=O) groups is 1. The van der Waals surface area contributed by atoms with Crippen LogP contribution in [0.1, 0.15) is 12.5 Å². The SMILES string of the molecule is CCn1c(SCC(=O)Nc2ccc(Cl)c(C)c2)nnc1-c1cc(Br)ccc1O. The van der Waals surface area contributed by atoms with Crippen LogP contribution in [0.15, 0.2) is 46.0 Å². The van der Waals surface area contributed by atoms with Crippen LogP contribution in [0.3, 0.4) is 0 Å². The van der Waals surface area contributed by atoms with Crippen LogP contribution in [-0.2, 0) is 11.3 Å². The van der Waals surface area contributed by atoms with E-state index >= 15 is 0 Å². The van der Waals surface area contributed by atoms with Crippen molar-refractivity contribution in [2.75, 3.05) is 11.1 Å². The van der Waals surface area contributed by atoms with Crippen LogP contribution < -0.4 is 5.32 Å². The summed E-state index contributed by atoms with van der Waals surface area (Å²) < 4.78 is 2.70. The second-order valence-electron chi connectivity index (χ2n) is 6.01. The number of aromatic hydroxyl groups is 1. The topological polar surface area (TPSA) is 80.0 Å². The van der Waals surface area contributed by atoms with Crippen LogP contribution in [0.5, 0.6) is 5.75 Å². The predicted octanol–water partition coefficient (Wildman–Crippen LogP) is 5.13. The van der Waals surface area contributed by atoms with E-state index in [2.05, 4.69) is 31.4 Å². The fourth-order valence-electron chi connectivity index (χ4n) is 2.62. The van der Waals surface area contributed by atoms with Crippen molar-refractivity contribution in [1.82, 2.24) is 14.8 Å². The van der Waals surface area contributed by atoms with Gasteiger partial charge in [-0.15, -0.1) is 10.2 Å². The minimum atomic E-state index is -0.149. The number of aromatic nitrogens is 3. The molecule has 0 aliphatic heterocycles. The van der Waals surface area contributed by atoms with E-state index in [1.165, 1.54) is 11.8 Å². The van der Waals surface area contributed by atoms with Gasteiger partial charge in [-0.3, -0.25) is 4.79 Å². The molecule has 0 unspecified atom stereocenters. The summed E-state index contributed by atoms with van der Waals surface area (Å²) in [7, 11) is 0. The zero-order valence-corrected chi connectivity index (χ0v) is 18.4. The molecular formula is C19H18BrClN4O2S. The molecule has 0 bridgehead atoms. The number of nitrogens with zero attached hydrogens (tertiary/aromatic N) is 3. The number of nitrogens with one attached hydrogen (secondary N) is 1. The van der Waals surface area contributed by atoms with E-state index in [-0.39, 0.29) is 17.4 Å². The Morgan fingerprint density at radius 1 is 1.29 bits per heavy atom.